The number of nitrogens with one attached hydrogen (secondary N) is 2. The number of hydrogen-bond acceptors (Lipinski definition) is 5. The van der Waals surface area contributed by atoms with E-state index in [1.54, 1.807) is 12.1 Å². The van der Waals surface area contributed by atoms with Crippen molar-refractivity contribution in [2.75, 3.05) is 0 Å². The van der Waals surface area contributed by atoms with Crippen LogP contribution in [-0.4, -0.2) is 48.5 Å². The zero-order chi connectivity index (χ0) is 20.9. The van der Waals surface area contributed by atoms with Gasteiger partial charge in [0.25, 0.3) is 5.91 Å². The average Bonchev–Trinajstić information content (AvgIpc) is 3.51. The normalized spacial score (nSPS) is 26.8. The molecule has 3 atom stereocenters. The third-order valence-corrected chi connectivity index (χ3v) is 7.15. The van der Waals surface area contributed by atoms with E-state index in [9.17, 15) is 14.4 Å². The zero-order valence-electron chi connectivity index (χ0n) is 17.1. The monoisotopic (exact) mass is 410 g/mol. The second kappa shape index (κ2) is 7.07. The summed E-state index contributed by atoms with van der Waals surface area (Å²) in [4.78, 5) is 42.7. The molecule has 5 rings (SSSR count). The quantitative estimate of drug-likeness (QED) is 0.764. The van der Waals surface area contributed by atoms with Crippen LogP contribution in [0.4, 0.5) is 0 Å². The van der Waals surface area contributed by atoms with Crippen molar-refractivity contribution in [2.24, 2.45) is 5.41 Å². The van der Waals surface area contributed by atoms with E-state index in [-0.39, 0.29) is 35.2 Å². The number of aromatic nitrogens is 4. The minimum atomic E-state index is -0.610. The Bertz CT molecular complexity index is 1060. The minimum absolute atomic E-state index is 0.0214. The van der Waals surface area contributed by atoms with Gasteiger partial charge in [-0.25, -0.2) is 0 Å². The SMILES string of the molecule is CC[C@]1(C(=O)NCc2nnc3n2CCC3)C[C@H]2CC[C@@H]1N2C(=O)c1cccc(=O)[nH]1. The number of pyridine rings is 1. The number of amides is 2. The van der Waals surface area contributed by atoms with Crippen LogP contribution in [0.3, 0.4) is 0 Å². The molecule has 0 spiro atoms. The predicted octanol–water partition coefficient (Wildman–Crippen LogP) is 1.00. The fraction of sp³-hybridized carbons (Fsp3) is 0.571. The highest BCUT2D eigenvalue weighted by Gasteiger charge is 2.60. The number of carbonyl (C=O) groups excluding carboxylic acids is 2. The van der Waals surface area contributed by atoms with Crippen molar-refractivity contribution in [3.05, 3.63) is 45.9 Å². The maximum absolute atomic E-state index is 13.4. The summed E-state index contributed by atoms with van der Waals surface area (Å²) in [6, 6.07) is 4.46. The molecule has 3 aliphatic rings. The Balaban J connectivity index is 1.35. The van der Waals surface area contributed by atoms with E-state index in [1.807, 2.05) is 11.8 Å². The van der Waals surface area contributed by atoms with E-state index in [0.29, 0.717) is 19.4 Å². The van der Waals surface area contributed by atoms with Gasteiger partial charge in [0.2, 0.25) is 11.5 Å². The predicted molar refractivity (Wildman–Crippen MR) is 108 cm³/mol. The van der Waals surface area contributed by atoms with Gasteiger partial charge in [0.05, 0.1) is 12.0 Å². The topological polar surface area (TPSA) is 113 Å². The van der Waals surface area contributed by atoms with Crippen LogP contribution in [-0.2, 0) is 24.3 Å². The number of carbonyl (C=O) groups is 2. The molecule has 2 N–H and O–H groups in total. The number of rotatable bonds is 5. The molecule has 0 aromatic carbocycles. The first-order valence-electron chi connectivity index (χ1n) is 10.7. The van der Waals surface area contributed by atoms with Gasteiger partial charge in [0.1, 0.15) is 11.5 Å². The van der Waals surface area contributed by atoms with Crippen molar-refractivity contribution < 1.29 is 9.59 Å². The summed E-state index contributed by atoms with van der Waals surface area (Å²) < 4.78 is 2.08. The van der Waals surface area contributed by atoms with Crippen molar-refractivity contribution in [1.82, 2.24) is 30.0 Å². The van der Waals surface area contributed by atoms with E-state index in [2.05, 4.69) is 25.1 Å². The summed E-state index contributed by atoms with van der Waals surface area (Å²) >= 11 is 0. The lowest BCUT2D eigenvalue weighted by atomic mass is 9.71. The summed E-state index contributed by atoms with van der Waals surface area (Å²) in [5, 5.41) is 11.5. The Hall–Kier alpha value is -2.97. The maximum atomic E-state index is 13.4. The molecule has 2 amide bonds. The van der Waals surface area contributed by atoms with E-state index >= 15 is 0 Å². The van der Waals surface area contributed by atoms with E-state index in [4.69, 9.17) is 0 Å². The second-order valence-corrected chi connectivity index (χ2v) is 8.57. The number of aromatic amines is 1. The number of nitrogens with zero attached hydrogens (tertiary/aromatic N) is 4. The molecular formula is C21H26N6O3. The van der Waals surface area contributed by atoms with Crippen LogP contribution < -0.4 is 10.9 Å². The van der Waals surface area contributed by atoms with Gasteiger partial charge in [-0.2, -0.15) is 0 Å². The minimum Gasteiger partial charge on any atom is -0.348 e. The lowest BCUT2D eigenvalue weighted by molar-refractivity contribution is -0.133. The average molecular weight is 410 g/mol. The third kappa shape index (κ3) is 2.79. The summed E-state index contributed by atoms with van der Waals surface area (Å²) in [7, 11) is 0. The molecule has 158 valence electrons. The van der Waals surface area contributed by atoms with Crippen LogP contribution >= 0.6 is 0 Å². The number of fused-ring (bicyclic) bond motifs is 3. The molecule has 0 aliphatic carbocycles. The van der Waals surface area contributed by atoms with Gasteiger partial charge in [-0.15, -0.1) is 10.2 Å². The number of aryl methyl sites for hydroxylation is 1. The molecule has 2 saturated heterocycles. The third-order valence-electron chi connectivity index (χ3n) is 7.15. The standard InChI is InChI=1S/C21H26N6O3/c1-2-21(20(30)22-12-17-25-24-16-6-4-10-26(16)17)11-13-8-9-15(21)27(13)19(29)14-5-3-7-18(28)23-14/h3,5,7,13,15H,2,4,6,8-12H2,1H3,(H,22,30)(H,23,28)/t13-,15+,21+/m1/s1. The van der Waals surface area contributed by atoms with Crippen LogP contribution in [0.5, 0.6) is 0 Å². The highest BCUT2D eigenvalue weighted by Crippen LogP contribution is 2.52. The van der Waals surface area contributed by atoms with Crippen molar-refractivity contribution in [3.8, 4) is 0 Å². The summed E-state index contributed by atoms with van der Waals surface area (Å²) in [5.74, 6) is 1.56. The summed E-state index contributed by atoms with van der Waals surface area (Å²) in [6.07, 6.45) is 5.00. The largest absolute Gasteiger partial charge is 0.348 e. The van der Waals surface area contributed by atoms with Gasteiger partial charge in [-0.05, 0) is 38.2 Å². The molecule has 0 saturated carbocycles. The first-order chi connectivity index (χ1) is 14.5. The Morgan fingerprint density at radius 1 is 1.30 bits per heavy atom. The van der Waals surface area contributed by atoms with Gasteiger partial charge >= 0.3 is 0 Å². The van der Waals surface area contributed by atoms with Crippen LogP contribution in [0.25, 0.3) is 0 Å². The van der Waals surface area contributed by atoms with E-state index in [0.717, 1.165) is 43.9 Å². The molecule has 5 heterocycles. The molecule has 2 aromatic heterocycles. The number of H-pyrrole nitrogens is 1. The van der Waals surface area contributed by atoms with E-state index in [1.165, 1.54) is 6.07 Å². The van der Waals surface area contributed by atoms with Crippen LogP contribution in [0.15, 0.2) is 23.0 Å². The van der Waals surface area contributed by atoms with Crippen molar-refractivity contribution >= 4 is 11.8 Å². The van der Waals surface area contributed by atoms with Gasteiger partial charge in [-0.1, -0.05) is 13.0 Å². The Morgan fingerprint density at radius 2 is 2.17 bits per heavy atom. The molecular weight excluding hydrogens is 384 g/mol. The maximum Gasteiger partial charge on any atom is 0.270 e. The fourth-order valence-electron chi connectivity index (χ4n) is 5.66. The fourth-order valence-corrected chi connectivity index (χ4v) is 5.66. The smallest absolute Gasteiger partial charge is 0.270 e. The van der Waals surface area contributed by atoms with Gasteiger partial charge in [0.15, 0.2) is 5.82 Å². The summed E-state index contributed by atoms with van der Waals surface area (Å²) in [6.45, 7) is 3.27. The van der Waals surface area contributed by atoms with Gasteiger partial charge < -0.3 is 19.8 Å². The van der Waals surface area contributed by atoms with Crippen LogP contribution in [0.2, 0.25) is 0 Å². The molecule has 2 bridgehead atoms. The lowest BCUT2D eigenvalue weighted by Crippen LogP contribution is -2.49. The van der Waals surface area contributed by atoms with Crippen LogP contribution in [0, 0.1) is 5.41 Å². The lowest BCUT2D eigenvalue weighted by Gasteiger charge is -2.35. The Labute approximate surface area is 173 Å². The molecule has 3 aliphatic heterocycles. The highest BCUT2D eigenvalue weighted by molar-refractivity contribution is 5.95. The van der Waals surface area contributed by atoms with E-state index < -0.39 is 5.41 Å². The van der Waals surface area contributed by atoms with Gasteiger partial charge in [-0.3, -0.25) is 14.4 Å². The van der Waals surface area contributed by atoms with Crippen molar-refractivity contribution in [3.63, 3.8) is 0 Å². The molecule has 9 heteroatoms. The van der Waals surface area contributed by atoms with Crippen LogP contribution in [0.1, 0.15) is 61.2 Å². The van der Waals surface area contributed by atoms with Gasteiger partial charge in [0, 0.05) is 31.1 Å². The Morgan fingerprint density at radius 3 is 2.97 bits per heavy atom. The first kappa shape index (κ1) is 19.0. The molecule has 0 unspecified atom stereocenters. The van der Waals surface area contributed by atoms with Crippen molar-refractivity contribution in [1.29, 1.82) is 0 Å². The molecule has 30 heavy (non-hydrogen) atoms. The molecule has 9 nitrogen and oxygen atoms in total. The van der Waals surface area contributed by atoms with Crippen molar-refractivity contribution in [2.45, 2.75) is 70.6 Å². The second-order valence-electron chi connectivity index (χ2n) is 8.57. The molecule has 2 fully saturated rings. The number of hydrogen-bond donors (Lipinski definition) is 2. The summed E-state index contributed by atoms with van der Waals surface area (Å²) in [5.41, 5.74) is -0.625. The zero-order valence-corrected chi connectivity index (χ0v) is 17.1. The first-order valence-corrected chi connectivity index (χ1v) is 10.7. The highest BCUT2D eigenvalue weighted by atomic mass is 16.2. The Kier molecular flexibility index (Phi) is 4.48. The molecule has 0 radical (unpaired) electrons. The molecule has 2 aromatic rings.